The van der Waals surface area contributed by atoms with Gasteiger partial charge in [-0.2, -0.15) is 0 Å². The van der Waals surface area contributed by atoms with Crippen molar-refractivity contribution < 1.29 is 10.0 Å². The summed E-state index contributed by atoms with van der Waals surface area (Å²) in [6.45, 7) is 2.11. The zero-order chi connectivity index (χ0) is 19.6. The average Bonchev–Trinajstić information content (AvgIpc) is 2.75. The summed E-state index contributed by atoms with van der Waals surface area (Å²) in [5.74, 6) is 1.79. The van der Waals surface area contributed by atoms with Crippen molar-refractivity contribution in [1.82, 2.24) is 15.0 Å². The topological polar surface area (TPSA) is 79.1 Å². The van der Waals surface area contributed by atoms with E-state index in [9.17, 15) is 10.0 Å². The van der Waals surface area contributed by atoms with Crippen LogP contribution >= 0.6 is 0 Å². The van der Waals surface area contributed by atoms with Gasteiger partial charge in [-0.05, 0) is 18.8 Å². The summed E-state index contributed by atoms with van der Waals surface area (Å²) in [5, 5.41) is 19.0. The minimum atomic E-state index is -1.54. The Balaban J connectivity index is 1.89. The molecule has 1 heterocycles. The third-order valence-corrected chi connectivity index (χ3v) is 4.87. The lowest BCUT2D eigenvalue weighted by atomic mass is 9.79. The van der Waals surface area contributed by atoms with E-state index in [2.05, 4.69) is 24.1 Å². The molecule has 0 radical (unpaired) electrons. The van der Waals surface area contributed by atoms with E-state index in [1.54, 1.807) is 18.2 Å². The predicted octanol–water partition coefficient (Wildman–Crippen LogP) is 2.66. The van der Waals surface area contributed by atoms with Crippen molar-refractivity contribution >= 4 is 12.6 Å². The molecule has 1 unspecified atom stereocenters. The van der Waals surface area contributed by atoms with Crippen LogP contribution in [0.4, 0.5) is 0 Å². The zero-order valence-corrected chi connectivity index (χ0v) is 15.5. The third-order valence-electron chi connectivity index (χ3n) is 4.87. The van der Waals surface area contributed by atoms with Crippen LogP contribution in [0.3, 0.4) is 0 Å². The minimum absolute atomic E-state index is 0.329. The minimum Gasteiger partial charge on any atom is -0.423 e. The molecule has 2 N–H and O–H groups in total. The molecule has 0 aliphatic heterocycles. The molecular formula is C22H20BN3O2. The van der Waals surface area contributed by atoms with E-state index in [1.165, 1.54) is 0 Å². The summed E-state index contributed by atoms with van der Waals surface area (Å²) in [6.07, 6.45) is 9.05. The number of rotatable bonds is 4. The molecule has 6 heteroatoms. The molecule has 0 saturated carbocycles. The number of allylic oxidation sites excluding steroid dienone is 4. The molecule has 1 atom stereocenters. The van der Waals surface area contributed by atoms with E-state index in [0.29, 0.717) is 28.5 Å². The standard InChI is InChI=1S/C22H20BN3O2/c1-22(13-6-3-7-14-22)21-25-19(16-9-4-2-5-10-16)24-20(26-21)17-11-8-12-18(15-17)23(27)28/h2-13,15,27-28H,14H2,1H3. The van der Waals surface area contributed by atoms with Gasteiger partial charge in [0, 0.05) is 16.5 Å². The number of hydrogen-bond acceptors (Lipinski definition) is 5. The Labute approximate surface area is 164 Å². The molecule has 0 amide bonds. The van der Waals surface area contributed by atoms with Crippen molar-refractivity contribution in [2.75, 3.05) is 0 Å². The van der Waals surface area contributed by atoms with E-state index in [-0.39, 0.29) is 5.41 Å². The number of aromatic nitrogens is 3. The Morgan fingerprint density at radius 1 is 0.857 bits per heavy atom. The van der Waals surface area contributed by atoms with Crippen molar-refractivity contribution in [3.63, 3.8) is 0 Å². The van der Waals surface area contributed by atoms with E-state index in [0.717, 1.165) is 12.0 Å². The normalized spacial score (nSPS) is 18.2. The van der Waals surface area contributed by atoms with Gasteiger partial charge >= 0.3 is 7.12 Å². The summed E-state index contributed by atoms with van der Waals surface area (Å²) in [5.41, 5.74) is 1.69. The highest BCUT2D eigenvalue weighted by Crippen LogP contribution is 2.32. The molecule has 2 aromatic carbocycles. The molecule has 4 rings (SSSR count). The van der Waals surface area contributed by atoms with Crippen LogP contribution in [0, 0.1) is 0 Å². The van der Waals surface area contributed by atoms with Crippen LogP contribution < -0.4 is 5.46 Å². The Morgan fingerprint density at radius 2 is 1.57 bits per heavy atom. The molecule has 0 bridgehead atoms. The summed E-state index contributed by atoms with van der Waals surface area (Å²) < 4.78 is 0. The van der Waals surface area contributed by atoms with Crippen LogP contribution in [0.2, 0.25) is 0 Å². The predicted molar refractivity (Wildman–Crippen MR) is 111 cm³/mol. The molecule has 0 fully saturated rings. The van der Waals surface area contributed by atoms with Crippen molar-refractivity contribution in [2.45, 2.75) is 18.8 Å². The second kappa shape index (κ2) is 7.50. The first-order valence-electron chi connectivity index (χ1n) is 9.18. The molecule has 0 saturated heterocycles. The number of hydrogen-bond donors (Lipinski definition) is 2. The van der Waals surface area contributed by atoms with Gasteiger partial charge in [0.1, 0.15) is 5.82 Å². The van der Waals surface area contributed by atoms with E-state index in [1.807, 2.05) is 48.6 Å². The highest BCUT2D eigenvalue weighted by Gasteiger charge is 2.28. The second-order valence-electron chi connectivity index (χ2n) is 7.08. The Bertz CT molecular complexity index is 1050. The van der Waals surface area contributed by atoms with Gasteiger partial charge < -0.3 is 10.0 Å². The van der Waals surface area contributed by atoms with Gasteiger partial charge in [-0.15, -0.1) is 0 Å². The van der Waals surface area contributed by atoms with Crippen molar-refractivity contribution in [3.8, 4) is 22.8 Å². The quantitative estimate of drug-likeness (QED) is 0.692. The molecule has 1 aliphatic rings. The molecule has 1 aliphatic carbocycles. The summed E-state index contributed by atoms with van der Waals surface area (Å²) in [7, 11) is -1.54. The fourth-order valence-corrected chi connectivity index (χ4v) is 3.21. The molecule has 138 valence electrons. The maximum atomic E-state index is 9.51. The Hall–Kier alpha value is -3.09. The van der Waals surface area contributed by atoms with Gasteiger partial charge in [0.25, 0.3) is 0 Å². The van der Waals surface area contributed by atoms with Gasteiger partial charge in [0.15, 0.2) is 11.6 Å². The van der Waals surface area contributed by atoms with Crippen LogP contribution in [-0.4, -0.2) is 32.1 Å². The fourth-order valence-electron chi connectivity index (χ4n) is 3.21. The highest BCUT2D eigenvalue weighted by atomic mass is 16.4. The lowest BCUT2D eigenvalue weighted by molar-refractivity contribution is 0.426. The largest absolute Gasteiger partial charge is 0.488 e. The first kappa shape index (κ1) is 18.3. The summed E-state index contributed by atoms with van der Waals surface area (Å²) in [6, 6.07) is 16.8. The molecule has 0 spiro atoms. The smallest absolute Gasteiger partial charge is 0.423 e. The highest BCUT2D eigenvalue weighted by molar-refractivity contribution is 6.58. The lowest BCUT2D eigenvalue weighted by Crippen LogP contribution is -2.29. The van der Waals surface area contributed by atoms with Crippen molar-refractivity contribution in [3.05, 3.63) is 84.7 Å². The monoisotopic (exact) mass is 369 g/mol. The molecule has 28 heavy (non-hydrogen) atoms. The van der Waals surface area contributed by atoms with Crippen LogP contribution in [0.25, 0.3) is 22.8 Å². The maximum absolute atomic E-state index is 9.51. The van der Waals surface area contributed by atoms with Crippen LogP contribution in [0.5, 0.6) is 0 Å². The van der Waals surface area contributed by atoms with Crippen molar-refractivity contribution in [1.29, 1.82) is 0 Å². The Morgan fingerprint density at radius 3 is 2.25 bits per heavy atom. The van der Waals surface area contributed by atoms with Gasteiger partial charge in [0.05, 0.1) is 0 Å². The summed E-state index contributed by atoms with van der Waals surface area (Å²) in [4.78, 5) is 14.2. The van der Waals surface area contributed by atoms with E-state index < -0.39 is 7.12 Å². The van der Waals surface area contributed by atoms with Crippen LogP contribution in [0.1, 0.15) is 19.2 Å². The zero-order valence-electron chi connectivity index (χ0n) is 15.5. The van der Waals surface area contributed by atoms with Gasteiger partial charge in [0.2, 0.25) is 0 Å². The van der Waals surface area contributed by atoms with Gasteiger partial charge in [-0.1, -0.05) is 78.9 Å². The third kappa shape index (κ3) is 3.65. The van der Waals surface area contributed by atoms with E-state index in [4.69, 9.17) is 9.97 Å². The first-order valence-corrected chi connectivity index (χ1v) is 9.18. The Kier molecular flexibility index (Phi) is 4.90. The van der Waals surface area contributed by atoms with Crippen LogP contribution in [0.15, 0.2) is 78.9 Å². The van der Waals surface area contributed by atoms with Crippen LogP contribution in [-0.2, 0) is 5.41 Å². The van der Waals surface area contributed by atoms with Gasteiger partial charge in [-0.3, -0.25) is 0 Å². The molecule has 5 nitrogen and oxygen atoms in total. The second-order valence-corrected chi connectivity index (χ2v) is 7.08. The number of benzene rings is 2. The lowest BCUT2D eigenvalue weighted by Gasteiger charge is -2.25. The summed E-state index contributed by atoms with van der Waals surface area (Å²) >= 11 is 0. The maximum Gasteiger partial charge on any atom is 0.488 e. The average molecular weight is 369 g/mol. The molecule has 1 aromatic heterocycles. The SMILES string of the molecule is CC1(c2nc(-c3ccccc3)nc(-c3cccc(B(O)O)c3)n2)C=CC=CC1. The molecular weight excluding hydrogens is 349 g/mol. The first-order chi connectivity index (χ1) is 13.5. The fraction of sp³-hybridized carbons (Fsp3) is 0.136. The van der Waals surface area contributed by atoms with Crippen molar-refractivity contribution in [2.24, 2.45) is 0 Å². The molecule has 3 aromatic rings. The van der Waals surface area contributed by atoms with E-state index >= 15 is 0 Å². The number of nitrogens with zero attached hydrogens (tertiary/aromatic N) is 3. The van der Waals surface area contributed by atoms with Gasteiger partial charge in [-0.25, -0.2) is 15.0 Å².